The van der Waals surface area contributed by atoms with E-state index < -0.39 is 0 Å². The number of fused-ring (bicyclic) bond motifs is 1. The van der Waals surface area contributed by atoms with Crippen LogP contribution in [-0.4, -0.2) is 66.5 Å². The minimum Gasteiger partial charge on any atom is -0.394 e. The zero-order chi connectivity index (χ0) is 15.8. The second-order valence-electron chi connectivity index (χ2n) is 5.55. The van der Waals surface area contributed by atoms with Crippen LogP contribution in [0.3, 0.4) is 0 Å². The lowest BCUT2D eigenvalue weighted by molar-refractivity contribution is -0.121. The van der Waals surface area contributed by atoms with Crippen molar-refractivity contribution in [1.29, 1.82) is 0 Å². The first-order valence-corrected chi connectivity index (χ1v) is 8.89. The van der Waals surface area contributed by atoms with Crippen molar-refractivity contribution in [2.24, 2.45) is 0 Å². The van der Waals surface area contributed by atoms with Crippen LogP contribution >= 0.6 is 11.8 Å². The van der Waals surface area contributed by atoms with Crippen LogP contribution < -0.4 is 16.0 Å². The normalized spacial score (nSPS) is 26.4. The molecule has 2 heterocycles. The summed E-state index contributed by atoms with van der Waals surface area (Å²) in [5.74, 6) is 1.02. The van der Waals surface area contributed by atoms with Crippen LogP contribution in [0.25, 0.3) is 0 Å². The van der Waals surface area contributed by atoms with Crippen LogP contribution in [0.5, 0.6) is 0 Å². The summed E-state index contributed by atoms with van der Waals surface area (Å²) < 4.78 is 5.07. The second-order valence-corrected chi connectivity index (χ2v) is 6.83. The molecule has 2 aliphatic heterocycles. The topological polar surface area (TPSA) is 99.7 Å². The van der Waals surface area contributed by atoms with Gasteiger partial charge in [0.25, 0.3) is 0 Å². The molecule has 2 aliphatic rings. The Bertz CT molecular complexity index is 383. The monoisotopic (exact) mass is 331 g/mol. The standard InChI is InChI=1S/C14H25N3O4S/c18-6-8-21-7-5-15-12(19)4-2-1-3-11-13-10(9-22-11)16-14(20)17-13/h10-11,13,18H,1-9H2,(H,15,19)(H2,16,17,20)/t10-,11?,13-/m1/s1. The van der Waals surface area contributed by atoms with E-state index in [0.29, 0.717) is 31.4 Å². The van der Waals surface area contributed by atoms with Gasteiger partial charge < -0.3 is 25.8 Å². The molecule has 8 heteroatoms. The third kappa shape index (κ3) is 5.33. The summed E-state index contributed by atoms with van der Waals surface area (Å²) in [6.45, 7) is 1.23. The van der Waals surface area contributed by atoms with Gasteiger partial charge >= 0.3 is 6.03 Å². The molecule has 0 radical (unpaired) electrons. The molecule has 0 saturated carbocycles. The average Bonchev–Trinajstić information content (AvgIpc) is 3.03. The molecule has 0 bridgehead atoms. The Labute approximate surface area is 134 Å². The number of nitrogens with one attached hydrogen (secondary N) is 3. The minimum atomic E-state index is -0.0527. The van der Waals surface area contributed by atoms with Gasteiger partial charge in [0.1, 0.15) is 0 Å². The van der Waals surface area contributed by atoms with Crippen LogP contribution in [0.4, 0.5) is 4.79 Å². The highest BCUT2D eigenvalue weighted by Gasteiger charge is 2.42. The molecule has 3 atom stereocenters. The number of aliphatic hydroxyl groups is 1. The summed E-state index contributed by atoms with van der Waals surface area (Å²) >= 11 is 1.90. The highest BCUT2D eigenvalue weighted by atomic mass is 32.2. The van der Waals surface area contributed by atoms with Crippen molar-refractivity contribution in [1.82, 2.24) is 16.0 Å². The van der Waals surface area contributed by atoms with E-state index in [-0.39, 0.29) is 30.6 Å². The molecule has 7 nitrogen and oxygen atoms in total. The van der Waals surface area contributed by atoms with Crippen molar-refractivity contribution in [2.45, 2.75) is 43.0 Å². The van der Waals surface area contributed by atoms with Crippen molar-refractivity contribution in [3.05, 3.63) is 0 Å². The minimum absolute atomic E-state index is 0.00491. The molecular formula is C14H25N3O4S. The maximum atomic E-state index is 11.6. The Morgan fingerprint density at radius 2 is 2.23 bits per heavy atom. The maximum absolute atomic E-state index is 11.6. The van der Waals surface area contributed by atoms with E-state index in [9.17, 15) is 9.59 Å². The van der Waals surface area contributed by atoms with Crippen molar-refractivity contribution >= 4 is 23.7 Å². The van der Waals surface area contributed by atoms with E-state index in [2.05, 4.69) is 16.0 Å². The van der Waals surface area contributed by atoms with Gasteiger partial charge in [-0.1, -0.05) is 6.42 Å². The fourth-order valence-corrected chi connectivity index (χ4v) is 4.34. The molecule has 3 amide bonds. The summed E-state index contributed by atoms with van der Waals surface area (Å²) in [5.41, 5.74) is 0. The molecule has 0 spiro atoms. The quantitative estimate of drug-likeness (QED) is 0.329. The number of thioether (sulfide) groups is 1. The number of amides is 3. The number of ether oxygens (including phenoxy) is 1. The number of carbonyl (C=O) groups is 2. The predicted octanol–water partition coefficient (Wildman–Crippen LogP) is -0.163. The number of unbranched alkanes of at least 4 members (excludes halogenated alkanes) is 1. The lowest BCUT2D eigenvalue weighted by Gasteiger charge is -2.16. The molecule has 0 aromatic heterocycles. The first-order valence-electron chi connectivity index (χ1n) is 7.84. The molecule has 0 aromatic carbocycles. The molecule has 22 heavy (non-hydrogen) atoms. The molecule has 0 aromatic rings. The van der Waals surface area contributed by atoms with Crippen molar-refractivity contribution in [3.8, 4) is 0 Å². The molecular weight excluding hydrogens is 306 g/mol. The second kappa shape index (κ2) is 9.22. The molecule has 126 valence electrons. The number of hydrogen-bond acceptors (Lipinski definition) is 5. The van der Waals surface area contributed by atoms with Crippen molar-refractivity contribution in [3.63, 3.8) is 0 Å². The Kier molecular flexibility index (Phi) is 7.28. The highest BCUT2D eigenvalue weighted by Crippen LogP contribution is 2.33. The van der Waals surface area contributed by atoms with Crippen LogP contribution in [0.2, 0.25) is 0 Å². The fourth-order valence-electron chi connectivity index (χ4n) is 2.79. The van der Waals surface area contributed by atoms with E-state index >= 15 is 0 Å². The average molecular weight is 331 g/mol. The van der Waals surface area contributed by atoms with E-state index in [1.165, 1.54) is 0 Å². The third-order valence-corrected chi connectivity index (χ3v) is 5.39. The molecule has 0 aliphatic carbocycles. The zero-order valence-corrected chi connectivity index (χ0v) is 13.5. The Balaban J connectivity index is 1.49. The summed E-state index contributed by atoms with van der Waals surface area (Å²) in [4.78, 5) is 22.9. The summed E-state index contributed by atoms with van der Waals surface area (Å²) in [6, 6.07) is 0.461. The fraction of sp³-hybridized carbons (Fsp3) is 0.857. The van der Waals surface area contributed by atoms with Crippen LogP contribution in [0.1, 0.15) is 25.7 Å². The highest BCUT2D eigenvalue weighted by molar-refractivity contribution is 8.00. The van der Waals surface area contributed by atoms with Gasteiger partial charge in [0.05, 0.1) is 31.9 Å². The lowest BCUT2D eigenvalue weighted by Crippen LogP contribution is -2.36. The maximum Gasteiger partial charge on any atom is 0.315 e. The van der Waals surface area contributed by atoms with Crippen molar-refractivity contribution in [2.75, 3.05) is 32.1 Å². The van der Waals surface area contributed by atoms with Gasteiger partial charge in [-0.3, -0.25) is 4.79 Å². The van der Waals surface area contributed by atoms with Crippen molar-refractivity contribution < 1.29 is 19.4 Å². The van der Waals surface area contributed by atoms with Crippen LogP contribution in [0, 0.1) is 0 Å². The molecule has 4 N–H and O–H groups in total. The van der Waals surface area contributed by atoms with Crippen LogP contribution in [-0.2, 0) is 9.53 Å². The lowest BCUT2D eigenvalue weighted by atomic mass is 10.0. The van der Waals surface area contributed by atoms with E-state index in [0.717, 1.165) is 25.0 Å². The number of carbonyl (C=O) groups excluding carboxylic acids is 2. The Morgan fingerprint density at radius 1 is 1.36 bits per heavy atom. The van der Waals surface area contributed by atoms with Crippen LogP contribution in [0.15, 0.2) is 0 Å². The van der Waals surface area contributed by atoms with Gasteiger partial charge in [0.2, 0.25) is 5.91 Å². The number of urea groups is 1. The van der Waals surface area contributed by atoms with Gasteiger partial charge in [-0.25, -0.2) is 4.79 Å². The Hall–Kier alpha value is -0.990. The van der Waals surface area contributed by atoms with E-state index in [1.54, 1.807) is 0 Å². The van der Waals surface area contributed by atoms with Gasteiger partial charge in [0, 0.05) is 24.0 Å². The molecule has 2 fully saturated rings. The first-order chi connectivity index (χ1) is 10.7. The number of hydrogen-bond donors (Lipinski definition) is 4. The van der Waals surface area contributed by atoms with E-state index in [4.69, 9.17) is 9.84 Å². The molecule has 2 rings (SSSR count). The molecule has 1 unspecified atom stereocenters. The van der Waals surface area contributed by atoms with Gasteiger partial charge in [0.15, 0.2) is 0 Å². The summed E-state index contributed by atoms with van der Waals surface area (Å²) in [7, 11) is 0. The summed E-state index contributed by atoms with van der Waals surface area (Å²) in [6.07, 6.45) is 3.40. The van der Waals surface area contributed by atoms with Gasteiger partial charge in [-0.05, 0) is 12.8 Å². The zero-order valence-electron chi connectivity index (χ0n) is 12.7. The third-order valence-electron chi connectivity index (χ3n) is 3.88. The number of aliphatic hydroxyl groups excluding tert-OH is 1. The Morgan fingerprint density at radius 3 is 3.05 bits per heavy atom. The van der Waals surface area contributed by atoms with Gasteiger partial charge in [-0.15, -0.1) is 0 Å². The van der Waals surface area contributed by atoms with E-state index in [1.807, 2.05) is 11.8 Å². The number of rotatable bonds is 10. The molecule has 2 saturated heterocycles. The summed E-state index contributed by atoms with van der Waals surface area (Å²) in [5, 5.41) is 17.7. The smallest absolute Gasteiger partial charge is 0.315 e. The largest absolute Gasteiger partial charge is 0.394 e. The first kappa shape index (κ1) is 17.4. The van der Waals surface area contributed by atoms with Gasteiger partial charge in [-0.2, -0.15) is 11.8 Å². The SMILES string of the molecule is O=C(CCCCC1SC[C@H]2NC(=O)N[C@@H]12)NCCOCCO. The predicted molar refractivity (Wildman–Crippen MR) is 84.9 cm³/mol.